The molecule has 0 spiro atoms. The highest BCUT2D eigenvalue weighted by Crippen LogP contribution is 2.40. The predicted molar refractivity (Wildman–Crippen MR) is 97.7 cm³/mol. The Labute approximate surface area is 160 Å². The molecular weight excluding hydrogens is 365 g/mol. The fourth-order valence-corrected chi connectivity index (χ4v) is 4.40. The van der Waals surface area contributed by atoms with Crippen molar-refractivity contribution in [3.8, 4) is 5.69 Å². The lowest BCUT2D eigenvalue weighted by atomic mass is 9.84. The normalized spacial score (nSPS) is 24.0. The van der Waals surface area contributed by atoms with Crippen LogP contribution >= 0.6 is 0 Å². The summed E-state index contributed by atoms with van der Waals surface area (Å²) < 4.78 is 14.2. The third-order valence-corrected chi connectivity index (χ3v) is 5.70. The number of carbonyl (C=O) groups is 2. The number of carbonyl (C=O) groups excluding carboxylic acids is 1. The number of likely N-dealkylation sites (tertiary alicyclic amines) is 1. The molecule has 1 saturated carbocycles. The van der Waals surface area contributed by atoms with Gasteiger partial charge in [-0.3, -0.25) is 9.59 Å². The first-order valence-corrected chi connectivity index (χ1v) is 9.37. The van der Waals surface area contributed by atoms with Gasteiger partial charge in [-0.25, -0.2) is 9.18 Å². The van der Waals surface area contributed by atoms with Gasteiger partial charge in [-0.2, -0.15) is 9.78 Å². The number of nitrogens with zero attached hydrogens (tertiary/aromatic N) is 3. The van der Waals surface area contributed by atoms with Crippen LogP contribution in [0.4, 0.5) is 4.39 Å². The van der Waals surface area contributed by atoms with Crippen LogP contribution in [0.15, 0.2) is 41.2 Å². The highest BCUT2D eigenvalue weighted by atomic mass is 19.1. The quantitative estimate of drug-likeness (QED) is 0.875. The summed E-state index contributed by atoms with van der Waals surface area (Å²) in [6.45, 7) is 0. The van der Waals surface area contributed by atoms with E-state index in [1.807, 2.05) is 0 Å². The van der Waals surface area contributed by atoms with Crippen LogP contribution in [0.5, 0.6) is 0 Å². The summed E-state index contributed by atoms with van der Waals surface area (Å²) in [5, 5.41) is 13.8. The minimum absolute atomic E-state index is 0.00129. The molecule has 1 N–H and O–H groups in total. The molecule has 1 aromatic carbocycles. The number of halogens is 1. The first kappa shape index (κ1) is 18.3. The summed E-state index contributed by atoms with van der Waals surface area (Å²) in [4.78, 5) is 38.6. The second-order valence-corrected chi connectivity index (χ2v) is 7.36. The number of amides is 1. The molecule has 2 fully saturated rings. The van der Waals surface area contributed by atoms with Crippen LogP contribution in [-0.4, -0.2) is 43.7 Å². The molecule has 7 nitrogen and oxygen atoms in total. The van der Waals surface area contributed by atoms with Gasteiger partial charge in [0.2, 0.25) is 0 Å². The van der Waals surface area contributed by atoms with Gasteiger partial charge in [-0.1, -0.05) is 12.8 Å². The van der Waals surface area contributed by atoms with Crippen molar-refractivity contribution in [1.82, 2.24) is 14.7 Å². The van der Waals surface area contributed by atoms with E-state index in [0.717, 1.165) is 30.4 Å². The van der Waals surface area contributed by atoms with Crippen LogP contribution in [0.1, 0.15) is 42.6 Å². The standard InChI is InChI=1S/C20H20FN3O4/c21-13-5-7-14(8-6-13)24-18(25)10-9-15(22-24)19(26)23-16-4-2-1-3-12(16)11-17(23)20(27)28/h5-10,12,16-17H,1-4,11H2,(H,27,28). The van der Waals surface area contributed by atoms with Crippen LogP contribution in [0, 0.1) is 11.7 Å². The van der Waals surface area contributed by atoms with Gasteiger partial charge in [0.15, 0.2) is 0 Å². The van der Waals surface area contributed by atoms with Crippen molar-refractivity contribution in [2.45, 2.75) is 44.2 Å². The second-order valence-electron chi connectivity index (χ2n) is 7.36. The molecule has 2 aromatic rings. The molecule has 1 aliphatic heterocycles. The number of aromatic nitrogens is 2. The summed E-state index contributed by atoms with van der Waals surface area (Å²) in [5.41, 5.74) is -0.135. The molecule has 0 bridgehead atoms. The Morgan fingerprint density at radius 3 is 2.50 bits per heavy atom. The topological polar surface area (TPSA) is 92.5 Å². The Morgan fingerprint density at radius 2 is 1.79 bits per heavy atom. The number of hydrogen-bond donors (Lipinski definition) is 1. The summed E-state index contributed by atoms with van der Waals surface area (Å²) in [5.74, 6) is -1.78. The lowest BCUT2D eigenvalue weighted by molar-refractivity contribution is -0.141. The molecular formula is C20H20FN3O4. The Bertz CT molecular complexity index is 972. The third kappa shape index (κ3) is 3.19. The molecule has 146 valence electrons. The first-order chi connectivity index (χ1) is 13.5. The number of rotatable bonds is 3. The van der Waals surface area contributed by atoms with E-state index in [4.69, 9.17) is 0 Å². The fourth-order valence-electron chi connectivity index (χ4n) is 4.40. The van der Waals surface area contributed by atoms with E-state index in [1.54, 1.807) is 0 Å². The molecule has 3 unspecified atom stereocenters. The molecule has 1 aromatic heterocycles. The van der Waals surface area contributed by atoms with E-state index in [1.165, 1.54) is 41.3 Å². The average molecular weight is 385 g/mol. The molecule has 1 aliphatic carbocycles. The van der Waals surface area contributed by atoms with Crippen LogP contribution < -0.4 is 5.56 Å². The average Bonchev–Trinajstić information content (AvgIpc) is 3.08. The van der Waals surface area contributed by atoms with Crippen LogP contribution in [-0.2, 0) is 4.79 Å². The summed E-state index contributed by atoms with van der Waals surface area (Å²) >= 11 is 0. The number of hydrogen-bond acceptors (Lipinski definition) is 4. The molecule has 8 heteroatoms. The van der Waals surface area contributed by atoms with Gasteiger partial charge < -0.3 is 10.0 Å². The minimum atomic E-state index is -1.02. The van der Waals surface area contributed by atoms with Crippen molar-refractivity contribution in [1.29, 1.82) is 0 Å². The molecule has 1 amide bonds. The summed E-state index contributed by atoms with van der Waals surface area (Å²) in [7, 11) is 0. The smallest absolute Gasteiger partial charge is 0.326 e. The maximum Gasteiger partial charge on any atom is 0.326 e. The second kappa shape index (κ2) is 7.18. The van der Waals surface area contributed by atoms with Crippen molar-refractivity contribution >= 4 is 11.9 Å². The monoisotopic (exact) mass is 385 g/mol. The Balaban J connectivity index is 1.71. The maximum atomic E-state index is 13.2. The van der Waals surface area contributed by atoms with E-state index in [9.17, 15) is 23.9 Å². The molecule has 28 heavy (non-hydrogen) atoms. The van der Waals surface area contributed by atoms with Crippen molar-refractivity contribution in [2.75, 3.05) is 0 Å². The predicted octanol–water partition coefficient (Wildman–Crippen LogP) is 2.23. The maximum absolute atomic E-state index is 13.2. The highest BCUT2D eigenvalue weighted by molar-refractivity contribution is 5.95. The lowest BCUT2D eigenvalue weighted by Gasteiger charge is -2.32. The van der Waals surface area contributed by atoms with Crippen molar-refractivity contribution in [3.05, 3.63) is 58.3 Å². The number of fused-ring (bicyclic) bond motifs is 1. The number of benzene rings is 1. The minimum Gasteiger partial charge on any atom is -0.480 e. The van der Waals surface area contributed by atoms with Gasteiger partial charge in [0, 0.05) is 12.1 Å². The third-order valence-electron chi connectivity index (χ3n) is 5.70. The number of carboxylic acids is 1. The van der Waals surface area contributed by atoms with Crippen molar-refractivity contribution < 1.29 is 19.1 Å². The van der Waals surface area contributed by atoms with Gasteiger partial charge in [-0.15, -0.1) is 0 Å². The zero-order chi connectivity index (χ0) is 19.8. The zero-order valence-corrected chi connectivity index (χ0v) is 15.1. The van der Waals surface area contributed by atoms with Crippen LogP contribution in [0.3, 0.4) is 0 Å². The molecule has 4 rings (SSSR count). The van der Waals surface area contributed by atoms with E-state index < -0.39 is 29.3 Å². The van der Waals surface area contributed by atoms with Gasteiger partial charge in [0.1, 0.15) is 17.6 Å². The zero-order valence-electron chi connectivity index (χ0n) is 15.1. The number of aliphatic carboxylic acids is 1. The van der Waals surface area contributed by atoms with Gasteiger partial charge in [0.25, 0.3) is 11.5 Å². The molecule has 2 aliphatic rings. The number of carboxylic acid groups (broad SMARTS) is 1. The van der Waals surface area contributed by atoms with E-state index in [-0.39, 0.29) is 17.7 Å². The molecule has 0 radical (unpaired) electrons. The Kier molecular flexibility index (Phi) is 4.70. The molecule has 2 heterocycles. The SMILES string of the molecule is O=C(O)C1CC2CCCCC2N1C(=O)c1ccc(=O)n(-c2ccc(F)cc2)n1. The summed E-state index contributed by atoms with van der Waals surface area (Å²) in [6.07, 6.45) is 4.14. The van der Waals surface area contributed by atoms with Gasteiger partial charge in [-0.05, 0) is 55.5 Å². The molecule has 3 atom stereocenters. The highest BCUT2D eigenvalue weighted by Gasteiger charge is 2.48. The largest absolute Gasteiger partial charge is 0.480 e. The van der Waals surface area contributed by atoms with Crippen LogP contribution in [0.25, 0.3) is 5.69 Å². The Morgan fingerprint density at radius 1 is 1.07 bits per heavy atom. The lowest BCUT2D eigenvalue weighted by Crippen LogP contribution is -2.46. The van der Waals surface area contributed by atoms with Gasteiger partial charge >= 0.3 is 5.97 Å². The van der Waals surface area contributed by atoms with E-state index in [2.05, 4.69) is 5.10 Å². The first-order valence-electron chi connectivity index (χ1n) is 9.37. The summed E-state index contributed by atoms with van der Waals surface area (Å²) in [6, 6.07) is 6.73. The van der Waals surface area contributed by atoms with E-state index >= 15 is 0 Å². The fraction of sp³-hybridized carbons (Fsp3) is 0.400. The van der Waals surface area contributed by atoms with Gasteiger partial charge in [0.05, 0.1) is 5.69 Å². The van der Waals surface area contributed by atoms with Crippen molar-refractivity contribution in [2.24, 2.45) is 5.92 Å². The van der Waals surface area contributed by atoms with Crippen molar-refractivity contribution in [3.63, 3.8) is 0 Å². The van der Waals surface area contributed by atoms with E-state index in [0.29, 0.717) is 12.1 Å². The molecule has 1 saturated heterocycles. The Hall–Kier alpha value is -3.03. The van der Waals surface area contributed by atoms with Crippen LogP contribution in [0.2, 0.25) is 0 Å².